The van der Waals surface area contributed by atoms with Crippen LogP contribution in [0.15, 0.2) is 0 Å². The van der Waals surface area contributed by atoms with Gasteiger partial charge in [0.15, 0.2) is 5.40 Å². The van der Waals surface area contributed by atoms with Gasteiger partial charge >= 0.3 is 22.8 Å². The van der Waals surface area contributed by atoms with E-state index in [-0.39, 0.29) is 0 Å². The minimum Gasteiger partial charge on any atom is -0.324 e. The second-order valence-electron chi connectivity index (χ2n) is 2.84. The molecule has 0 atom stereocenters. The van der Waals surface area contributed by atoms with Crippen molar-refractivity contribution in [2.75, 3.05) is 6.16 Å². The SMILES string of the molecule is O=P(O)(O)CCC(P(=O)(O)O)P(=O)(O)O. The molecule has 0 bridgehead atoms. The molecular weight excluding hydrogens is 273 g/mol. The van der Waals surface area contributed by atoms with Crippen LogP contribution in [0.2, 0.25) is 0 Å². The summed E-state index contributed by atoms with van der Waals surface area (Å²) < 4.78 is 31.7. The minimum absolute atomic E-state index is 0.946. The van der Waals surface area contributed by atoms with E-state index < -0.39 is 40.8 Å². The molecule has 0 fully saturated rings. The lowest BCUT2D eigenvalue weighted by Crippen LogP contribution is -2.11. The van der Waals surface area contributed by atoms with E-state index in [2.05, 4.69) is 0 Å². The van der Waals surface area contributed by atoms with E-state index >= 15 is 0 Å². The minimum atomic E-state index is -5.09. The summed E-state index contributed by atoms with van der Waals surface area (Å²) in [6, 6.07) is 0. The third kappa shape index (κ3) is 6.58. The Morgan fingerprint density at radius 1 is 0.800 bits per heavy atom. The highest BCUT2D eigenvalue weighted by molar-refractivity contribution is 7.70. The Bertz CT molecular complexity index is 322. The van der Waals surface area contributed by atoms with Gasteiger partial charge in [0.2, 0.25) is 0 Å². The van der Waals surface area contributed by atoms with E-state index in [1.807, 2.05) is 0 Å². The van der Waals surface area contributed by atoms with E-state index in [0.29, 0.717) is 0 Å². The first-order valence-electron chi connectivity index (χ1n) is 3.49. The maximum absolute atomic E-state index is 10.6. The zero-order chi connectivity index (χ0) is 12.5. The van der Waals surface area contributed by atoms with Gasteiger partial charge in [-0.2, -0.15) is 0 Å². The van der Waals surface area contributed by atoms with Crippen molar-refractivity contribution < 1.29 is 43.1 Å². The molecule has 0 aromatic carbocycles. The van der Waals surface area contributed by atoms with Crippen molar-refractivity contribution in [1.82, 2.24) is 0 Å². The summed E-state index contributed by atoms with van der Waals surface area (Å²) in [5, 5.41) is -2.36. The summed E-state index contributed by atoms with van der Waals surface area (Å²) >= 11 is 0. The number of hydrogen-bond donors (Lipinski definition) is 6. The maximum Gasteiger partial charge on any atom is 0.340 e. The van der Waals surface area contributed by atoms with Gasteiger partial charge in [-0.05, 0) is 6.42 Å². The van der Waals surface area contributed by atoms with Crippen molar-refractivity contribution in [3.8, 4) is 0 Å². The van der Waals surface area contributed by atoms with Gasteiger partial charge < -0.3 is 29.4 Å². The van der Waals surface area contributed by atoms with Crippen molar-refractivity contribution in [3.05, 3.63) is 0 Å². The molecule has 0 aromatic heterocycles. The molecule has 0 saturated carbocycles. The molecule has 15 heavy (non-hydrogen) atoms. The van der Waals surface area contributed by atoms with Crippen molar-refractivity contribution in [2.45, 2.75) is 11.8 Å². The van der Waals surface area contributed by atoms with Crippen LogP contribution in [0.4, 0.5) is 0 Å². The van der Waals surface area contributed by atoms with Gasteiger partial charge in [-0.3, -0.25) is 13.7 Å². The predicted molar refractivity (Wildman–Crippen MR) is 49.4 cm³/mol. The molecule has 0 heterocycles. The fourth-order valence-corrected chi connectivity index (χ4v) is 4.32. The lowest BCUT2D eigenvalue weighted by Gasteiger charge is -2.19. The fraction of sp³-hybridized carbons (Fsp3) is 1.00. The Labute approximate surface area is 84.6 Å². The largest absolute Gasteiger partial charge is 0.340 e. The van der Waals surface area contributed by atoms with Crippen LogP contribution < -0.4 is 0 Å². The van der Waals surface area contributed by atoms with Crippen LogP contribution in [-0.4, -0.2) is 40.9 Å². The van der Waals surface area contributed by atoms with Gasteiger partial charge in [0.05, 0.1) is 6.16 Å². The van der Waals surface area contributed by atoms with Crippen molar-refractivity contribution in [1.29, 1.82) is 0 Å². The molecule has 0 spiro atoms. The van der Waals surface area contributed by atoms with Gasteiger partial charge in [-0.1, -0.05) is 0 Å². The van der Waals surface area contributed by atoms with E-state index in [9.17, 15) is 13.7 Å². The molecule has 12 heteroatoms. The quantitative estimate of drug-likeness (QED) is 0.354. The summed E-state index contributed by atoms with van der Waals surface area (Å²) in [5.74, 6) is 0. The van der Waals surface area contributed by atoms with Gasteiger partial charge in [0, 0.05) is 0 Å². The topological polar surface area (TPSA) is 173 Å². The molecular formula is C3H11O9P3. The smallest absolute Gasteiger partial charge is 0.324 e. The Hall–Kier alpha value is 0.450. The summed E-state index contributed by atoms with van der Waals surface area (Å²) in [4.78, 5) is 51.1. The highest BCUT2D eigenvalue weighted by atomic mass is 31.2. The molecule has 0 aliphatic carbocycles. The Kier molecular flexibility index (Phi) is 4.90. The van der Waals surface area contributed by atoms with Crippen LogP contribution in [0.3, 0.4) is 0 Å². The zero-order valence-electron chi connectivity index (χ0n) is 7.24. The third-order valence-electron chi connectivity index (χ3n) is 1.46. The molecule has 0 unspecified atom stereocenters. The van der Waals surface area contributed by atoms with Crippen LogP contribution in [-0.2, 0) is 13.7 Å². The lowest BCUT2D eigenvalue weighted by atomic mass is 10.6. The maximum atomic E-state index is 10.6. The fourth-order valence-electron chi connectivity index (χ4n) is 0.816. The molecule has 0 saturated heterocycles. The van der Waals surface area contributed by atoms with Crippen molar-refractivity contribution in [2.24, 2.45) is 0 Å². The normalized spacial score (nSPS) is 14.6. The summed E-state index contributed by atoms with van der Waals surface area (Å²) in [7, 11) is -14.7. The lowest BCUT2D eigenvalue weighted by molar-refractivity contribution is 0.335. The molecule has 92 valence electrons. The van der Waals surface area contributed by atoms with Crippen molar-refractivity contribution >= 4 is 22.8 Å². The van der Waals surface area contributed by atoms with E-state index in [1.165, 1.54) is 0 Å². The Balaban J connectivity index is 4.80. The standard InChI is InChI=1S/C3H11O9P3/c4-13(5,6)2-1-3(14(7,8)9)15(10,11)12/h3H,1-2H2,(H2,4,5,6)(H2,7,8,9)(H2,10,11,12). The zero-order valence-corrected chi connectivity index (χ0v) is 9.92. The molecule has 0 aliphatic rings. The molecule has 6 N–H and O–H groups in total. The highest BCUT2D eigenvalue weighted by Crippen LogP contribution is 2.62. The average molecular weight is 284 g/mol. The van der Waals surface area contributed by atoms with E-state index in [1.54, 1.807) is 0 Å². The second-order valence-corrected chi connectivity index (χ2v) is 8.62. The molecule has 0 amide bonds. The third-order valence-corrected chi connectivity index (χ3v) is 6.17. The van der Waals surface area contributed by atoms with Gasteiger partial charge in [-0.25, -0.2) is 0 Å². The first kappa shape index (κ1) is 15.4. The summed E-state index contributed by atoms with van der Waals surface area (Å²) in [6.45, 7) is 0. The Morgan fingerprint density at radius 3 is 1.33 bits per heavy atom. The predicted octanol–water partition coefficient (Wildman–Crippen LogP) is -0.764. The number of rotatable bonds is 5. The second kappa shape index (κ2) is 4.75. The first-order chi connectivity index (χ1) is 6.34. The first-order valence-corrected chi connectivity index (χ1v) is 8.65. The van der Waals surface area contributed by atoms with Gasteiger partial charge in [0.1, 0.15) is 0 Å². The molecule has 9 nitrogen and oxygen atoms in total. The van der Waals surface area contributed by atoms with E-state index in [0.717, 1.165) is 0 Å². The van der Waals surface area contributed by atoms with Crippen molar-refractivity contribution in [3.63, 3.8) is 0 Å². The van der Waals surface area contributed by atoms with Crippen LogP contribution in [0, 0.1) is 0 Å². The summed E-state index contributed by atoms with van der Waals surface area (Å²) in [6.07, 6.45) is -1.94. The average Bonchev–Trinajstić information content (AvgIpc) is 1.75. The molecule has 0 radical (unpaired) electrons. The molecule has 0 rings (SSSR count). The van der Waals surface area contributed by atoms with Crippen LogP contribution >= 0.6 is 22.8 Å². The van der Waals surface area contributed by atoms with Gasteiger partial charge in [0.25, 0.3) is 0 Å². The van der Waals surface area contributed by atoms with Crippen LogP contribution in [0.1, 0.15) is 6.42 Å². The Morgan fingerprint density at radius 2 is 1.13 bits per heavy atom. The van der Waals surface area contributed by atoms with Crippen LogP contribution in [0.5, 0.6) is 0 Å². The van der Waals surface area contributed by atoms with Crippen LogP contribution in [0.25, 0.3) is 0 Å². The molecule has 0 aromatic rings. The number of hydrogen-bond acceptors (Lipinski definition) is 3. The van der Waals surface area contributed by atoms with Gasteiger partial charge in [-0.15, -0.1) is 0 Å². The molecule has 0 aliphatic heterocycles. The summed E-state index contributed by atoms with van der Waals surface area (Å²) in [5.41, 5.74) is 0. The monoisotopic (exact) mass is 284 g/mol. The highest BCUT2D eigenvalue weighted by Gasteiger charge is 2.43. The van der Waals surface area contributed by atoms with E-state index in [4.69, 9.17) is 29.4 Å².